The number of allylic oxidation sites excluding steroid dienone is 2. The number of rotatable bonds is 11. The molecule has 0 bridgehead atoms. The van der Waals surface area contributed by atoms with Gasteiger partial charge in [0.15, 0.2) is 0 Å². The minimum atomic E-state index is -5.07. The van der Waals surface area contributed by atoms with Gasteiger partial charge in [-0.25, -0.2) is 0 Å². The SMILES string of the molecule is CCC1(CC2=Cc3c(-c4ccc5ccccc5c4)cccc3[CH]2[Zr]([Cl])([Cl])([CH]2C(CC3(CC)CCC3)=Cc3c(-c4ccc5ccccc5c4)cccc32)[SiH](C)C)CCC1. The molecule has 6 aromatic rings. The average Bonchev–Trinajstić information content (AvgIpc) is 3.79. The van der Waals surface area contributed by atoms with Gasteiger partial charge in [-0.2, -0.15) is 0 Å². The normalized spacial score (nSPS) is 21.1. The van der Waals surface area contributed by atoms with Crippen LogP contribution in [0.4, 0.5) is 0 Å². The number of fused-ring (bicyclic) bond motifs is 4. The van der Waals surface area contributed by atoms with E-state index in [2.05, 4.69) is 160 Å². The summed E-state index contributed by atoms with van der Waals surface area (Å²) in [5.74, 6) is -1.74. The van der Waals surface area contributed by atoms with E-state index < -0.39 is 21.5 Å². The summed E-state index contributed by atoms with van der Waals surface area (Å²) in [6.07, 6.45) is 17.8. The minimum absolute atomic E-state index is 0.0958. The first-order chi connectivity index (χ1) is 28.0. The molecule has 2 saturated carbocycles. The van der Waals surface area contributed by atoms with Crippen LogP contribution >= 0.6 is 17.0 Å². The number of halogens is 2. The molecule has 2 fully saturated rings. The molecule has 0 radical (unpaired) electrons. The van der Waals surface area contributed by atoms with Crippen molar-refractivity contribution < 1.29 is 15.6 Å². The van der Waals surface area contributed by atoms with Crippen molar-refractivity contribution in [3.63, 3.8) is 0 Å². The summed E-state index contributed by atoms with van der Waals surface area (Å²) in [5.41, 5.74) is 14.6. The number of hydrogen-bond donors (Lipinski definition) is 0. The van der Waals surface area contributed by atoms with E-state index in [0.29, 0.717) is 10.8 Å². The first-order valence-corrected chi connectivity index (χ1v) is 38.6. The maximum atomic E-state index is 9.16. The Hall–Kier alpha value is -3.00. The Morgan fingerprint density at radius 2 is 0.948 bits per heavy atom. The summed E-state index contributed by atoms with van der Waals surface area (Å²) in [4.78, 5) is 0. The second kappa shape index (κ2) is 14.6. The van der Waals surface area contributed by atoms with Crippen LogP contribution in [-0.4, -0.2) is 5.92 Å². The van der Waals surface area contributed by atoms with Gasteiger partial charge in [0.2, 0.25) is 0 Å². The Bertz CT molecular complexity index is 2470. The fourth-order valence-electron chi connectivity index (χ4n) is 12.1. The molecule has 0 amide bonds. The molecule has 295 valence electrons. The zero-order valence-electron chi connectivity index (χ0n) is 34.8. The van der Waals surface area contributed by atoms with Crippen LogP contribution in [0.1, 0.15) is 108 Å². The van der Waals surface area contributed by atoms with Crippen LogP contribution in [0, 0.1) is 10.8 Å². The summed E-state index contributed by atoms with van der Waals surface area (Å²) in [6, 6.07) is 45.7. The summed E-state index contributed by atoms with van der Waals surface area (Å²) in [5, 5.41) is 5.13. The van der Waals surface area contributed by atoms with Gasteiger partial charge in [0, 0.05) is 0 Å². The van der Waals surface area contributed by atoms with Crippen molar-refractivity contribution in [2.75, 3.05) is 0 Å². The molecule has 10 rings (SSSR count). The molecule has 0 heterocycles. The molecule has 0 nitrogen and oxygen atoms in total. The quantitative estimate of drug-likeness (QED) is 0.114. The van der Waals surface area contributed by atoms with E-state index in [1.54, 1.807) is 11.1 Å². The van der Waals surface area contributed by atoms with Crippen molar-refractivity contribution in [1.82, 2.24) is 0 Å². The number of hydrogen-bond acceptors (Lipinski definition) is 0. The van der Waals surface area contributed by atoms with Crippen LogP contribution in [-0.2, 0) is 15.6 Å². The van der Waals surface area contributed by atoms with Crippen molar-refractivity contribution in [2.24, 2.45) is 10.8 Å². The summed E-state index contributed by atoms with van der Waals surface area (Å²) < 4.78 is 0.192. The summed E-state index contributed by atoms with van der Waals surface area (Å²) in [7, 11) is 18.3. The van der Waals surface area contributed by atoms with Gasteiger partial charge in [0.1, 0.15) is 0 Å². The Labute approximate surface area is 355 Å². The Balaban J connectivity index is 1.19. The molecule has 0 aromatic heterocycles. The number of benzene rings is 6. The fraction of sp³-hybridized carbons (Fsp3) is 0.333. The molecule has 58 heavy (non-hydrogen) atoms. The Morgan fingerprint density at radius 3 is 1.31 bits per heavy atom. The van der Waals surface area contributed by atoms with E-state index in [1.165, 1.54) is 117 Å². The third kappa shape index (κ3) is 6.12. The topological polar surface area (TPSA) is 0 Å². The van der Waals surface area contributed by atoms with Gasteiger partial charge in [0.25, 0.3) is 0 Å². The molecule has 4 aliphatic carbocycles. The summed E-state index contributed by atoms with van der Waals surface area (Å²) >= 11 is -5.07. The molecule has 2 unspecified atom stereocenters. The predicted molar refractivity (Wildman–Crippen MR) is 253 cm³/mol. The van der Waals surface area contributed by atoms with Crippen molar-refractivity contribution >= 4 is 56.6 Å². The molecule has 0 aliphatic heterocycles. The van der Waals surface area contributed by atoms with Crippen molar-refractivity contribution in [2.45, 2.75) is 98.4 Å². The first kappa shape index (κ1) is 39.2. The molecular weight excluding hydrogens is 839 g/mol. The van der Waals surface area contributed by atoms with E-state index in [9.17, 15) is 0 Å². The van der Waals surface area contributed by atoms with E-state index in [-0.39, 0.29) is 7.25 Å². The second-order valence-corrected chi connectivity index (χ2v) is 61.7. The Morgan fingerprint density at radius 1 is 0.534 bits per heavy atom. The van der Waals surface area contributed by atoms with Gasteiger partial charge >= 0.3 is 358 Å². The van der Waals surface area contributed by atoms with Crippen LogP contribution in [0.5, 0.6) is 0 Å². The zero-order valence-corrected chi connectivity index (χ0v) is 39.9. The standard InChI is InChI=1S/2C26H25.C2H7Si.2ClH.Zr/c2*1-2-26(13-6-14-26)18-19-15-22-9-5-10-24(25(22)16-19)23-12-11-20-7-3-4-8-21(20)17-23;1-3-2;;;/h2*3-5,7-12,15-17H,2,6,13-14,18H2,1H3;3H,1-2H3;2*1H;/q;;;;;+2/p-2. The second-order valence-electron chi connectivity index (χ2n) is 19.2. The van der Waals surface area contributed by atoms with E-state index in [1.807, 2.05) is 0 Å². The molecule has 0 N–H and O–H groups in total. The molecule has 4 aliphatic rings. The van der Waals surface area contributed by atoms with Crippen LogP contribution in [0.15, 0.2) is 132 Å². The third-order valence-electron chi connectivity index (χ3n) is 16.1. The van der Waals surface area contributed by atoms with Gasteiger partial charge in [-0.3, -0.25) is 0 Å². The molecular formula is C54H57Cl2SiZr. The van der Waals surface area contributed by atoms with Crippen LogP contribution in [0.3, 0.4) is 0 Å². The van der Waals surface area contributed by atoms with Crippen molar-refractivity contribution in [3.05, 3.63) is 155 Å². The zero-order chi connectivity index (χ0) is 39.9. The molecule has 0 spiro atoms. The van der Waals surface area contributed by atoms with Crippen molar-refractivity contribution in [1.29, 1.82) is 0 Å². The van der Waals surface area contributed by atoms with Crippen LogP contribution in [0.2, 0.25) is 13.1 Å². The average molecular weight is 896 g/mol. The first-order valence-electron chi connectivity index (χ1n) is 22.3. The van der Waals surface area contributed by atoms with Gasteiger partial charge in [-0.1, -0.05) is 0 Å². The molecule has 0 saturated heterocycles. The molecule has 4 heteroatoms. The molecule has 2 atom stereocenters. The third-order valence-corrected chi connectivity index (χ3v) is 68.0. The Kier molecular flexibility index (Phi) is 9.84. The maximum absolute atomic E-state index is 9.16. The van der Waals surface area contributed by atoms with Crippen LogP contribution in [0.25, 0.3) is 56.0 Å². The van der Waals surface area contributed by atoms with Crippen LogP contribution < -0.4 is 0 Å². The van der Waals surface area contributed by atoms with E-state index in [4.69, 9.17) is 17.0 Å². The van der Waals surface area contributed by atoms with E-state index >= 15 is 0 Å². The predicted octanol–water partition coefficient (Wildman–Crippen LogP) is 16.8. The molecule has 6 aromatic carbocycles. The monoisotopic (exact) mass is 893 g/mol. The van der Waals surface area contributed by atoms with Gasteiger partial charge < -0.3 is 0 Å². The van der Waals surface area contributed by atoms with Gasteiger partial charge in [-0.15, -0.1) is 0 Å². The summed E-state index contributed by atoms with van der Waals surface area (Å²) in [6.45, 7) is 9.92. The fourth-order valence-corrected chi connectivity index (χ4v) is 43.4. The van der Waals surface area contributed by atoms with Gasteiger partial charge in [-0.05, 0) is 0 Å². The van der Waals surface area contributed by atoms with Crippen molar-refractivity contribution in [3.8, 4) is 22.3 Å². The van der Waals surface area contributed by atoms with E-state index in [0.717, 1.165) is 12.8 Å². The van der Waals surface area contributed by atoms with Gasteiger partial charge in [0.05, 0.1) is 0 Å².